The van der Waals surface area contributed by atoms with Crippen LogP contribution in [0.2, 0.25) is 0 Å². The van der Waals surface area contributed by atoms with Crippen LogP contribution in [0.25, 0.3) is 0 Å². The molecule has 196 valence electrons. The monoisotopic (exact) mass is 494 g/mol. The summed E-state index contributed by atoms with van der Waals surface area (Å²) in [4.78, 5) is 48.1. The van der Waals surface area contributed by atoms with E-state index in [4.69, 9.17) is 23.7 Å². The second kappa shape index (κ2) is 14.9. The molecule has 0 aliphatic rings. The molecule has 0 aliphatic carbocycles. The minimum atomic E-state index is -1.08. The van der Waals surface area contributed by atoms with Crippen molar-refractivity contribution in [1.82, 2.24) is 0 Å². The van der Waals surface area contributed by atoms with Gasteiger partial charge < -0.3 is 23.7 Å². The van der Waals surface area contributed by atoms with E-state index in [1.165, 1.54) is 21.0 Å². The number of carbonyl (C=O) groups excluding carboxylic acids is 4. The standard InChI is InChI=1S/C26H38O9/c1-16(2)20(12-32-22(27)17(3)4)13-35-25(30)26(8,9)11-19(7)24(29)34-15-21(31-10)14-33-23(28)18(5)6/h20-21H,1,3,5,7,11-15H2,2,4,6,8-10H3. The first-order chi connectivity index (χ1) is 16.1. The third-order valence-corrected chi connectivity index (χ3v) is 4.86. The SMILES string of the molecule is C=C(C)C(=O)OCC(COC(=O)C(=C)CC(C)(C)C(=O)OCC(COC(=O)C(=C)C)C(=C)C)OC. The van der Waals surface area contributed by atoms with E-state index in [1.807, 2.05) is 0 Å². The first-order valence-corrected chi connectivity index (χ1v) is 11.0. The molecule has 0 amide bonds. The number of hydrogen-bond donors (Lipinski definition) is 0. The van der Waals surface area contributed by atoms with Crippen LogP contribution in [0, 0.1) is 11.3 Å². The maximum absolute atomic E-state index is 12.7. The lowest BCUT2D eigenvalue weighted by molar-refractivity contribution is -0.156. The molecule has 0 rings (SSSR count). The minimum absolute atomic E-state index is 0.00385. The molecule has 0 aliphatic heterocycles. The summed E-state index contributed by atoms with van der Waals surface area (Å²) in [5.74, 6) is -2.79. The number of carbonyl (C=O) groups is 4. The summed E-state index contributed by atoms with van der Waals surface area (Å²) >= 11 is 0. The van der Waals surface area contributed by atoms with Crippen LogP contribution in [0.5, 0.6) is 0 Å². The summed E-state index contributed by atoms with van der Waals surface area (Å²) in [6.07, 6.45) is -0.693. The molecule has 0 radical (unpaired) electrons. The highest BCUT2D eigenvalue weighted by Gasteiger charge is 2.33. The van der Waals surface area contributed by atoms with Crippen LogP contribution in [0.4, 0.5) is 0 Å². The van der Waals surface area contributed by atoms with Gasteiger partial charge in [0.2, 0.25) is 0 Å². The van der Waals surface area contributed by atoms with E-state index in [-0.39, 0.29) is 49.6 Å². The summed E-state index contributed by atoms with van der Waals surface area (Å²) in [7, 11) is 1.39. The third kappa shape index (κ3) is 12.2. The molecular formula is C26H38O9. The Labute approximate surface area is 207 Å². The van der Waals surface area contributed by atoms with E-state index in [9.17, 15) is 19.2 Å². The second-order valence-electron chi connectivity index (χ2n) is 9.02. The Morgan fingerprint density at radius 2 is 1.14 bits per heavy atom. The van der Waals surface area contributed by atoms with Crippen molar-refractivity contribution in [2.24, 2.45) is 11.3 Å². The van der Waals surface area contributed by atoms with Crippen LogP contribution in [0.3, 0.4) is 0 Å². The van der Waals surface area contributed by atoms with E-state index >= 15 is 0 Å². The van der Waals surface area contributed by atoms with Crippen LogP contribution in [-0.2, 0) is 42.9 Å². The van der Waals surface area contributed by atoms with Gasteiger partial charge in [0.15, 0.2) is 0 Å². The normalized spacial score (nSPS) is 12.5. The van der Waals surface area contributed by atoms with E-state index in [2.05, 4.69) is 26.3 Å². The molecule has 2 unspecified atom stereocenters. The van der Waals surface area contributed by atoms with Crippen LogP contribution < -0.4 is 0 Å². The highest BCUT2D eigenvalue weighted by atomic mass is 16.6. The first kappa shape index (κ1) is 31.8. The molecular weight excluding hydrogens is 456 g/mol. The number of ether oxygens (including phenoxy) is 5. The second-order valence-corrected chi connectivity index (χ2v) is 9.02. The molecule has 0 heterocycles. The molecule has 0 saturated carbocycles. The minimum Gasteiger partial charge on any atom is -0.464 e. The number of esters is 4. The van der Waals surface area contributed by atoms with Gasteiger partial charge in [-0.05, 0) is 41.0 Å². The van der Waals surface area contributed by atoms with Crippen LogP contribution in [0.1, 0.15) is 41.0 Å². The fourth-order valence-corrected chi connectivity index (χ4v) is 2.43. The Bertz CT molecular complexity index is 851. The zero-order valence-electron chi connectivity index (χ0n) is 21.7. The highest BCUT2D eigenvalue weighted by molar-refractivity contribution is 5.89. The maximum atomic E-state index is 12.7. The summed E-state index contributed by atoms with van der Waals surface area (Å²) in [6.45, 7) is 22.2. The Hall–Kier alpha value is -3.20. The molecule has 0 bridgehead atoms. The van der Waals surface area contributed by atoms with Crippen LogP contribution in [0.15, 0.2) is 48.6 Å². The lowest BCUT2D eigenvalue weighted by Gasteiger charge is -2.25. The van der Waals surface area contributed by atoms with Crippen LogP contribution in [-0.4, -0.2) is 63.5 Å². The zero-order valence-corrected chi connectivity index (χ0v) is 21.7. The van der Waals surface area contributed by atoms with Crippen molar-refractivity contribution in [3.8, 4) is 0 Å². The maximum Gasteiger partial charge on any atom is 0.333 e. The lowest BCUT2D eigenvalue weighted by Crippen LogP contribution is -2.32. The van der Waals surface area contributed by atoms with Crippen molar-refractivity contribution in [1.29, 1.82) is 0 Å². The molecule has 9 heteroatoms. The molecule has 0 aromatic heterocycles. The molecule has 0 fully saturated rings. The molecule has 2 atom stereocenters. The van der Waals surface area contributed by atoms with E-state index in [1.54, 1.807) is 20.8 Å². The molecule has 9 nitrogen and oxygen atoms in total. The molecule has 35 heavy (non-hydrogen) atoms. The van der Waals surface area contributed by atoms with Gasteiger partial charge in [-0.25, -0.2) is 14.4 Å². The van der Waals surface area contributed by atoms with Gasteiger partial charge in [-0.2, -0.15) is 0 Å². The van der Waals surface area contributed by atoms with Gasteiger partial charge >= 0.3 is 23.9 Å². The molecule has 0 N–H and O–H groups in total. The number of hydrogen-bond acceptors (Lipinski definition) is 9. The fraction of sp³-hybridized carbons (Fsp3) is 0.538. The van der Waals surface area contributed by atoms with Gasteiger partial charge in [0, 0.05) is 29.7 Å². The van der Waals surface area contributed by atoms with Gasteiger partial charge in [-0.3, -0.25) is 4.79 Å². The lowest BCUT2D eigenvalue weighted by atomic mass is 9.86. The number of methoxy groups -OCH3 is 1. The van der Waals surface area contributed by atoms with Gasteiger partial charge in [0.25, 0.3) is 0 Å². The predicted octanol–water partition coefficient (Wildman–Crippen LogP) is 3.49. The zero-order chi connectivity index (χ0) is 27.3. The van der Waals surface area contributed by atoms with Gasteiger partial charge in [0.05, 0.1) is 5.41 Å². The van der Waals surface area contributed by atoms with E-state index in [0.29, 0.717) is 5.57 Å². The van der Waals surface area contributed by atoms with Crippen molar-refractivity contribution in [2.45, 2.75) is 47.1 Å². The van der Waals surface area contributed by atoms with Crippen molar-refractivity contribution in [3.05, 3.63) is 48.6 Å². The molecule has 0 spiro atoms. The van der Waals surface area contributed by atoms with E-state index < -0.39 is 41.3 Å². The molecule has 0 saturated heterocycles. The third-order valence-electron chi connectivity index (χ3n) is 4.86. The van der Waals surface area contributed by atoms with Crippen molar-refractivity contribution in [2.75, 3.05) is 33.5 Å². The van der Waals surface area contributed by atoms with Gasteiger partial charge in [0.1, 0.15) is 32.5 Å². The molecule has 0 aromatic rings. The molecule has 0 aromatic carbocycles. The van der Waals surface area contributed by atoms with Crippen molar-refractivity contribution >= 4 is 23.9 Å². The summed E-state index contributed by atoms with van der Waals surface area (Å²) in [6, 6.07) is 0. The number of rotatable bonds is 16. The highest BCUT2D eigenvalue weighted by Crippen LogP contribution is 2.27. The Kier molecular flexibility index (Phi) is 13.6. The Morgan fingerprint density at radius 1 is 0.714 bits per heavy atom. The average Bonchev–Trinajstić information content (AvgIpc) is 2.77. The van der Waals surface area contributed by atoms with Crippen molar-refractivity contribution < 1.29 is 42.9 Å². The smallest absolute Gasteiger partial charge is 0.333 e. The van der Waals surface area contributed by atoms with Crippen LogP contribution >= 0.6 is 0 Å². The quantitative estimate of drug-likeness (QED) is 0.138. The van der Waals surface area contributed by atoms with Crippen molar-refractivity contribution in [3.63, 3.8) is 0 Å². The van der Waals surface area contributed by atoms with Gasteiger partial charge in [-0.1, -0.05) is 31.9 Å². The summed E-state index contributed by atoms with van der Waals surface area (Å²) in [5, 5.41) is 0. The van der Waals surface area contributed by atoms with E-state index in [0.717, 1.165) is 0 Å². The summed E-state index contributed by atoms with van der Waals surface area (Å²) < 4.78 is 25.9. The fourth-order valence-electron chi connectivity index (χ4n) is 2.43. The Morgan fingerprint density at radius 3 is 1.57 bits per heavy atom. The average molecular weight is 495 g/mol. The van der Waals surface area contributed by atoms with Gasteiger partial charge in [-0.15, -0.1) is 0 Å². The summed E-state index contributed by atoms with van der Waals surface area (Å²) in [5.41, 5.74) is 0.162. The largest absolute Gasteiger partial charge is 0.464 e. The first-order valence-electron chi connectivity index (χ1n) is 11.0. The Balaban J connectivity index is 4.77. The topological polar surface area (TPSA) is 114 Å². The predicted molar refractivity (Wildman–Crippen MR) is 130 cm³/mol.